The van der Waals surface area contributed by atoms with Crippen LogP contribution in [0.25, 0.3) is 0 Å². The first-order chi connectivity index (χ1) is 7.87. The highest BCUT2D eigenvalue weighted by Crippen LogP contribution is 2.20. The second-order valence-electron chi connectivity index (χ2n) is 4.34. The van der Waals surface area contributed by atoms with E-state index in [2.05, 4.69) is 13.8 Å². The quantitative estimate of drug-likeness (QED) is 0.875. The minimum atomic E-state index is -3.16. The topological polar surface area (TPSA) is 54.4 Å². The number of hydrogen-bond acceptors (Lipinski definition) is 3. The first-order valence-corrected chi connectivity index (χ1v) is 7.91. The van der Waals surface area contributed by atoms with Gasteiger partial charge in [-0.1, -0.05) is 32.0 Å². The highest BCUT2D eigenvalue weighted by Gasteiger charge is 2.15. The second kappa shape index (κ2) is 5.65. The van der Waals surface area contributed by atoms with Crippen LogP contribution in [0.4, 0.5) is 0 Å². The number of benzene rings is 1. The Morgan fingerprint density at radius 1 is 1.18 bits per heavy atom. The van der Waals surface area contributed by atoms with Crippen LogP contribution in [0, 0.1) is 0 Å². The SMILES string of the molecule is CCc1ccc(C(O)CS(C)(=O)=O)cc1CC. The number of hydrogen-bond donors (Lipinski definition) is 1. The van der Waals surface area contributed by atoms with Gasteiger partial charge in [0.1, 0.15) is 9.84 Å². The van der Waals surface area contributed by atoms with E-state index in [1.807, 2.05) is 18.2 Å². The van der Waals surface area contributed by atoms with Gasteiger partial charge in [-0.3, -0.25) is 0 Å². The van der Waals surface area contributed by atoms with Crippen molar-refractivity contribution in [3.8, 4) is 0 Å². The molecular weight excluding hydrogens is 236 g/mol. The average Bonchev–Trinajstić information content (AvgIpc) is 2.25. The number of aryl methyl sites for hydroxylation is 2. The number of rotatable bonds is 5. The largest absolute Gasteiger partial charge is 0.387 e. The van der Waals surface area contributed by atoms with Crippen LogP contribution in [-0.2, 0) is 22.7 Å². The molecule has 3 nitrogen and oxygen atoms in total. The van der Waals surface area contributed by atoms with Gasteiger partial charge < -0.3 is 5.11 Å². The van der Waals surface area contributed by atoms with Gasteiger partial charge in [0.05, 0.1) is 11.9 Å². The first kappa shape index (κ1) is 14.2. The molecule has 0 aliphatic heterocycles. The first-order valence-electron chi connectivity index (χ1n) is 5.84. The highest BCUT2D eigenvalue weighted by atomic mass is 32.2. The van der Waals surface area contributed by atoms with Gasteiger partial charge in [0, 0.05) is 6.26 Å². The van der Waals surface area contributed by atoms with Crippen molar-refractivity contribution in [1.82, 2.24) is 0 Å². The van der Waals surface area contributed by atoms with E-state index >= 15 is 0 Å². The van der Waals surface area contributed by atoms with E-state index in [0.29, 0.717) is 5.56 Å². The van der Waals surface area contributed by atoms with Crippen molar-refractivity contribution in [1.29, 1.82) is 0 Å². The molecular formula is C13H20O3S. The van der Waals surface area contributed by atoms with Crippen LogP contribution in [0.2, 0.25) is 0 Å². The van der Waals surface area contributed by atoms with E-state index in [4.69, 9.17) is 0 Å². The van der Waals surface area contributed by atoms with E-state index in [-0.39, 0.29) is 5.75 Å². The van der Waals surface area contributed by atoms with Crippen LogP contribution in [0.3, 0.4) is 0 Å². The van der Waals surface area contributed by atoms with Crippen LogP contribution in [0.5, 0.6) is 0 Å². The fourth-order valence-corrected chi connectivity index (χ4v) is 2.68. The normalized spacial score (nSPS) is 13.6. The molecule has 0 aromatic heterocycles. The second-order valence-corrected chi connectivity index (χ2v) is 6.53. The minimum Gasteiger partial charge on any atom is -0.387 e. The lowest BCUT2D eigenvalue weighted by molar-refractivity contribution is 0.201. The van der Waals surface area contributed by atoms with Crippen LogP contribution in [0.1, 0.15) is 36.6 Å². The molecule has 1 N–H and O–H groups in total. The molecule has 1 aromatic rings. The number of aliphatic hydroxyl groups is 1. The van der Waals surface area contributed by atoms with E-state index in [9.17, 15) is 13.5 Å². The summed E-state index contributed by atoms with van der Waals surface area (Å²) in [5.41, 5.74) is 3.12. The van der Waals surface area contributed by atoms with Crippen LogP contribution >= 0.6 is 0 Å². The molecule has 96 valence electrons. The van der Waals surface area contributed by atoms with Gasteiger partial charge in [-0.2, -0.15) is 0 Å². The van der Waals surface area contributed by atoms with Gasteiger partial charge in [-0.25, -0.2) is 8.42 Å². The molecule has 0 spiro atoms. The van der Waals surface area contributed by atoms with E-state index < -0.39 is 15.9 Å². The molecule has 4 heteroatoms. The van der Waals surface area contributed by atoms with E-state index in [1.165, 1.54) is 11.1 Å². The van der Waals surface area contributed by atoms with E-state index in [1.54, 1.807) is 0 Å². The zero-order valence-corrected chi connectivity index (χ0v) is 11.4. The molecule has 1 atom stereocenters. The monoisotopic (exact) mass is 256 g/mol. The zero-order chi connectivity index (χ0) is 13.1. The average molecular weight is 256 g/mol. The molecule has 17 heavy (non-hydrogen) atoms. The van der Waals surface area contributed by atoms with Gasteiger partial charge in [-0.15, -0.1) is 0 Å². The Morgan fingerprint density at radius 2 is 1.76 bits per heavy atom. The van der Waals surface area contributed by atoms with Gasteiger partial charge in [0.25, 0.3) is 0 Å². The minimum absolute atomic E-state index is 0.221. The summed E-state index contributed by atoms with van der Waals surface area (Å²) in [5.74, 6) is -0.221. The van der Waals surface area contributed by atoms with Gasteiger partial charge in [0.15, 0.2) is 0 Å². The maximum Gasteiger partial charge on any atom is 0.150 e. The lowest BCUT2D eigenvalue weighted by atomic mass is 9.98. The standard InChI is InChI=1S/C13H20O3S/c1-4-10-6-7-12(8-11(10)5-2)13(14)9-17(3,15)16/h6-8,13-14H,4-5,9H2,1-3H3. The smallest absolute Gasteiger partial charge is 0.150 e. The molecule has 0 aliphatic rings. The lowest BCUT2D eigenvalue weighted by Crippen LogP contribution is -2.13. The summed E-state index contributed by atoms with van der Waals surface area (Å²) in [7, 11) is -3.16. The Kier molecular flexibility index (Phi) is 4.71. The zero-order valence-electron chi connectivity index (χ0n) is 10.6. The van der Waals surface area contributed by atoms with Crippen molar-refractivity contribution in [2.24, 2.45) is 0 Å². The maximum absolute atomic E-state index is 11.1. The Hall–Kier alpha value is -0.870. The molecule has 1 aromatic carbocycles. The summed E-state index contributed by atoms with van der Waals surface area (Å²) >= 11 is 0. The predicted molar refractivity (Wildman–Crippen MR) is 69.9 cm³/mol. The summed E-state index contributed by atoms with van der Waals surface area (Å²) in [6.07, 6.45) is 2.05. The lowest BCUT2D eigenvalue weighted by Gasteiger charge is -2.13. The maximum atomic E-state index is 11.1. The molecule has 0 saturated carbocycles. The summed E-state index contributed by atoms with van der Waals surface area (Å²) in [6, 6.07) is 5.70. The fourth-order valence-electron chi connectivity index (χ4n) is 1.91. The molecule has 0 saturated heterocycles. The summed E-state index contributed by atoms with van der Waals surface area (Å²) in [4.78, 5) is 0. The molecule has 1 rings (SSSR count). The molecule has 0 radical (unpaired) electrons. The van der Waals surface area contributed by atoms with Gasteiger partial charge in [-0.05, 0) is 29.5 Å². The third-order valence-electron chi connectivity index (χ3n) is 2.84. The van der Waals surface area contributed by atoms with Crippen molar-refractivity contribution < 1.29 is 13.5 Å². The van der Waals surface area contributed by atoms with Crippen molar-refractivity contribution in [3.05, 3.63) is 34.9 Å². The van der Waals surface area contributed by atoms with Crippen LogP contribution < -0.4 is 0 Å². The molecule has 0 amide bonds. The number of aliphatic hydroxyl groups excluding tert-OH is 1. The predicted octanol–water partition coefficient (Wildman–Crippen LogP) is 1.89. The molecule has 0 aliphatic carbocycles. The number of sulfone groups is 1. The molecule has 0 fully saturated rings. The molecule has 0 heterocycles. The third-order valence-corrected chi connectivity index (χ3v) is 3.76. The Balaban J connectivity index is 2.99. The van der Waals surface area contributed by atoms with Crippen LogP contribution in [0.15, 0.2) is 18.2 Å². The van der Waals surface area contributed by atoms with Gasteiger partial charge in [0.2, 0.25) is 0 Å². The molecule has 0 bridgehead atoms. The Morgan fingerprint density at radius 3 is 2.24 bits per heavy atom. The Labute approximate surface area is 103 Å². The van der Waals surface area contributed by atoms with Crippen LogP contribution in [-0.4, -0.2) is 25.5 Å². The van der Waals surface area contributed by atoms with Gasteiger partial charge >= 0.3 is 0 Å². The summed E-state index contributed by atoms with van der Waals surface area (Å²) in [6.45, 7) is 4.14. The van der Waals surface area contributed by atoms with Crippen molar-refractivity contribution >= 4 is 9.84 Å². The molecule has 1 unspecified atom stereocenters. The van der Waals surface area contributed by atoms with Crippen molar-refractivity contribution in [2.45, 2.75) is 32.8 Å². The van der Waals surface area contributed by atoms with Crippen molar-refractivity contribution in [3.63, 3.8) is 0 Å². The fraction of sp³-hybridized carbons (Fsp3) is 0.538. The summed E-state index contributed by atoms with van der Waals surface area (Å²) in [5, 5.41) is 9.86. The van der Waals surface area contributed by atoms with Crippen molar-refractivity contribution in [2.75, 3.05) is 12.0 Å². The Bertz CT molecular complexity index is 477. The highest BCUT2D eigenvalue weighted by molar-refractivity contribution is 7.90. The third kappa shape index (κ3) is 4.13. The summed E-state index contributed by atoms with van der Waals surface area (Å²) < 4.78 is 22.3. The van der Waals surface area contributed by atoms with E-state index in [0.717, 1.165) is 19.1 Å².